The van der Waals surface area contributed by atoms with Crippen molar-refractivity contribution in [2.45, 2.75) is 13.8 Å². The van der Waals surface area contributed by atoms with Crippen LogP contribution in [0.4, 0.5) is 5.69 Å². The predicted octanol–water partition coefficient (Wildman–Crippen LogP) is 3.43. The zero-order chi connectivity index (χ0) is 20.7. The third-order valence-corrected chi connectivity index (χ3v) is 4.04. The van der Waals surface area contributed by atoms with Crippen LogP contribution < -0.4 is 20.9 Å². The van der Waals surface area contributed by atoms with Gasteiger partial charge in [-0.2, -0.15) is 0 Å². The number of carbonyl (C=O) groups is 3. The minimum absolute atomic E-state index is 0.120. The molecule has 9 heteroatoms. The predicted molar refractivity (Wildman–Crippen MR) is 107 cm³/mol. The van der Waals surface area contributed by atoms with Crippen LogP contribution in [0, 0.1) is 5.92 Å². The molecule has 2 rings (SSSR count). The van der Waals surface area contributed by atoms with Crippen LogP contribution in [0.15, 0.2) is 42.5 Å². The third-order valence-electron chi connectivity index (χ3n) is 3.51. The number of hydrogen-bond acceptors (Lipinski definition) is 4. The Balaban J connectivity index is 1.81. The highest BCUT2D eigenvalue weighted by atomic mass is 35.5. The minimum atomic E-state index is -0.569. The van der Waals surface area contributed by atoms with Gasteiger partial charge in [-0.3, -0.25) is 25.2 Å². The Morgan fingerprint density at radius 2 is 1.68 bits per heavy atom. The maximum atomic E-state index is 12.1. The molecule has 28 heavy (non-hydrogen) atoms. The monoisotopic (exact) mass is 423 g/mol. The van der Waals surface area contributed by atoms with Gasteiger partial charge in [-0.15, -0.1) is 0 Å². The number of nitrogens with one attached hydrogen (secondary N) is 3. The molecule has 2 aromatic rings. The van der Waals surface area contributed by atoms with Gasteiger partial charge in [0.1, 0.15) is 5.75 Å². The summed E-state index contributed by atoms with van der Waals surface area (Å²) in [6, 6.07) is 10.9. The van der Waals surface area contributed by atoms with Gasteiger partial charge >= 0.3 is 0 Å². The van der Waals surface area contributed by atoms with Gasteiger partial charge in [0.25, 0.3) is 11.8 Å². The van der Waals surface area contributed by atoms with E-state index in [4.69, 9.17) is 27.9 Å². The Labute approximate surface area is 172 Å². The lowest BCUT2D eigenvalue weighted by Gasteiger charge is -2.11. The van der Waals surface area contributed by atoms with Gasteiger partial charge in [0.05, 0.1) is 5.02 Å². The number of benzene rings is 2. The number of hydrogen-bond donors (Lipinski definition) is 3. The second kappa shape index (κ2) is 9.96. The standard InChI is InChI=1S/C19H19Cl2N3O4/c1-11(2)18(26)22-14-6-3-12(4-7-14)19(27)24-23-17(25)10-28-16-8-5-13(20)9-15(16)21/h3-9,11H,10H2,1-2H3,(H,22,26)(H,23,25)(H,24,27). The summed E-state index contributed by atoms with van der Waals surface area (Å²) in [7, 11) is 0. The second-order valence-electron chi connectivity index (χ2n) is 6.09. The van der Waals surface area contributed by atoms with Crippen LogP contribution in [-0.4, -0.2) is 24.3 Å². The average Bonchev–Trinajstić information content (AvgIpc) is 2.65. The first-order chi connectivity index (χ1) is 13.3. The molecule has 0 aliphatic rings. The Kier molecular flexibility index (Phi) is 7.66. The van der Waals surface area contributed by atoms with Crippen LogP contribution in [0.25, 0.3) is 0 Å². The largest absolute Gasteiger partial charge is 0.482 e. The van der Waals surface area contributed by atoms with Gasteiger partial charge in [-0.25, -0.2) is 0 Å². The van der Waals surface area contributed by atoms with E-state index in [-0.39, 0.29) is 23.5 Å². The SMILES string of the molecule is CC(C)C(=O)Nc1ccc(C(=O)NNC(=O)COc2ccc(Cl)cc2Cl)cc1. The Morgan fingerprint density at radius 1 is 1.00 bits per heavy atom. The number of rotatable bonds is 6. The molecule has 0 fully saturated rings. The lowest BCUT2D eigenvalue weighted by Crippen LogP contribution is -2.43. The van der Waals surface area contributed by atoms with Gasteiger partial charge < -0.3 is 10.1 Å². The topological polar surface area (TPSA) is 96.5 Å². The lowest BCUT2D eigenvalue weighted by molar-refractivity contribution is -0.123. The van der Waals surface area contributed by atoms with E-state index in [1.807, 2.05) is 0 Å². The van der Waals surface area contributed by atoms with Crippen LogP contribution in [0.1, 0.15) is 24.2 Å². The molecule has 3 amide bonds. The van der Waals surface area contributed by atoms with Crippen molar-refractivity contribution in [3.05, 3.63) is 58.1 Å². The van der Waals surface area contributed by atoms with E-state index in [9.17, 15) is 14.4 Å². The molecule has 0 radical (unpaired) electrons. The smallest absolute Gasteiger partial charge is 0.276 e. The number of ether oxygens (including phenoxy) is 1. The lowest BCUT2D eigenvalue weighted by atomic mass is 10.1. The summed E-state index contributed by atoms with van der Waals surface area (Å²) < 4.78 is 5.27. The van der Waals surface area contributed by atoms with Gasteiger partial charge in [-0.1, -0.05) is 37.0 Å². The zero-order valence-electron chi connectivity index (χ0n) is 15.2. The molecule has 0 heterocycles. The quantitative estimate of drug-likeness (QED) is 0.619. The number of amides is 3. The summed E-state index contributed by atoms with van der Waals surface area (Å²) in [4.78, 5) is 35.5. The van der Waals surface area contributed by atoms with E-state index in [0.717, 1.165) is 0 Å². The molecular formula is C19H19Cl2N3O4. The molecule has 0 unspecified atom stereocenters. The van der Waals surface area contributed by atoms with Crippen molar-refractivity contribution in [3.8, 4) is 5.75 Å². The number of carbonyl (C=O) groups excluding carboxylic acids is 3. The highest BCUT2D eigenvalue weighted by Crippen LogP contribution is 2.27. The molecule has 0 aliphatic carbocycles. The molecule has 0 atom stereocenters. The molecule has 3 N–H and O–H groups in total. The third kappa shape index (κ3) is 6.44. The molecule has 0 spiro atoms. The summed E-state index contributed by atoms with van der Waals surface area (Å²) in [6.45, 7) is 3.22. The maximum absolute atomic E-state index is 12.1. The van der Waals surface area contributed by atoms with Crippen molar-refractivity contribution in [1.82, 2.24) is 10.9 Å². The highest BCUT2D eigenvalue weighted by molar-refractivity contribution is 6.35. The van der Waals surface area contributed by atoms with Gasteiger partial charge in [-0.05, 0) is 42.5 Å². The fourth-order valence-corrected chi connectivity index (χ4v) is 2.42. The maximum Gasteiger partial charge on any atom is 0.276 e. The summed E-state index contributed by atoms with van der Waals surface area (Å²) in [6.07, 6.45) is 0. The van der Waals surface area contributed by atoms with Crippen molar-refractivity contribution in [1.29, 1.82) is 0 Å². The summed E-state index contributed by atoms with van der Waals surface area (Å²) in [5, 5.41) is 3.44. The molecule has 0 aliphatic heterocycles. The Bertz CT molecular complexity index is 870. The second-order valence-corrected chi connectivity index (χ2v) is 6.93. The Hall–Kier alpha value is -2.77. The van der Waals surface area contributed by atoms with E-state index in [1.165, 1.54) is 24.3 Å². The average molecular weight is 424 g/mol. The number of hydrazine groups is 1. The van der Waals surface area contributed by atoms with Crippen molar-refractivity contribution in [2.24, 2.45) is 5.92 Å². The molecule has 7 nitrogen and oxygen atoms in total. The first-order valence-corrected chi connectivity index (χ1v) is 9.10. The van der Waals surface area contributed by atoms with Crippen LogP contribution >= 0.6 is 23.2 Å². The van der Waals surface area contributed by atoms with E-state index >= 15 is 0 Å². The van der Waals surface area contributed by atoms with E-state index in [2.05, 4.69) is 16.2 Å². The molecule has 0 saturated heterocycles. The summed E-state index contributed by atoms with van der Waals surface area (Å²) >= 11 is 11.7. The fourth-order valence-electron chi connectivity index (χ4n) is 1.96. The first-order valence-electron chi connectivity index (χ1n) is 8.34. The van der Waals surface area contributed by atoms with Crippen LogP contribution in [0.3, 0.4) is 0 Å². The fraction of sp³-hybridized carbons (Fsp3) is 0.211. The molecule has 0 saturated carbocycles. The molecule has 2 aromatic carbocycles. The molecule has 0 bridgehead atoms. The van der Waals surface area contributed by atoms with Gasteiger partial charge in [0.2, 0.25) is 5.91 Å². The van der Waals surface area contributed by atoms with Gasteiger partial charge in [0.15, 0.2) is 6.61 Å². The van der Waals surface area contributed by atoms with Crippen molar-refractivity contribution in [2.75, 3.05) is 11.9 Å². The van der Waals surface area contributed by atoms with E-state index in [1.54, 1.807) is 32.0 Å². The summed E-state index contributed by atoms with van der Waals surface area (Å²) in [5.41, 5.74) is 5.40. The van der Waals surface area contributed by atoms with E-state index in [0.29, 0.717) is 22.0 Å². The highest BCUT2D eigenvalue weighted by Gasteiger charge is 2.11. The first kappa shape index (κ1) is 21.5. The summed E-state index contributed by atoms with van der Waals surface area (Å²) in [5.74, 6) is -1.06. The Morgan fingerprint density at radius 3 is 2.29 bits per heavy atom. The molecular weight excluding hydrogens is 405 g/mol. The van der Waals surface area contributed by atoms with Crippen LogP contribution in [0.5, 0.6) is 5.75 Å². The van der Waals surface area contributed by atoms with Gasteiger partial charge in [0, 0.05) is 22.2 Å². The zero-order valence-corrected chi connectivity index (χ0v) is 16.7. The molecule has 0 aromatic heterocycles. The van der Waals surface area contributed by atoms with Crippen LogP contribution in [0.2, 0.25) is 10.0 Å². The van der Waals surface area contributed by atoms with Crippen molar-refractivity contribution >= 4 is 46.6 Å². The van der Waals surface area contributed by atoms with Crippen molar-refractivity contribution < 1.29 is 19.1 Å². The normalized spacial score (nSPS) is 10.3. The van der Waals surface area contributed by atoms with Crippen molar-refractivity contribution in [3.63, 3.8) is 0 Å². The number of halogens is 2. The van der Waals surface area contributed by atoms with Crippen LogP contribution in [-0.2, 0) is 9.59 Å². The molecule has 148 valence electrons. The van der Waals surface area contributed by atoms with E-state index < -0.39 is 11.8 Å². The number of anilines is 1. The minimum Gasteiger partial charge on any atom is -0.482 e.